The summed E-state index contributed by atoms with van der Waals surface area (Å²) in [6.45, 7) is 3.81. The number of benzene rings is 2. The first-order chi connectivity index (χ1) is 13.5. The lowest BCUT2D eigenvalue weighted by molar-refractivity contribution is 0.214. The Morgan fingerprint density at radius 1 is 1.07 bits per heavy atom. The number of halogens is 1. The van der Waals surface area contributed by atoms with Crippen molar-refractivity contribution in [2.75, 3.05) is 18.5 Å². The van der Waals surface area contributed by atoms with E-state index in [1.54, 1.807) is 38.1 Å². The smallest absolute Gasteiger partial charge is 0.357 e. The lowest BCUT2D eigenvalue weighted by Crippen LogP contribution is -2.22. The summed E-state index contributed by atoms with van der Waals surface area (Å²) in [5, 5.41) is 3.55. The summed E-state index contributed by atoms with van der Waals surface area (Å²) in [7, 11) is -3.72. The number of hydrogen-bond acceptors (Lipinski definition) is 6. The molecule has 0 spiro atoms. The van der Waals surface area contributed by atoms with Gasteiger partial charge in [-0.3, -0.25) is 9.36 Å². The van der Waals surface area contributed by atoms with E-state index in [1.165, 1.54) is 6.26 Å². The van der Waals surface area contributed by atoms with Crippen LogP contribution in [-0.4, -0.2) is 13.2 Å². The van der Waals surface area contributed by atoms with Crippen LogP contribution in [0.3, 0.4) is 0 Å². The second-order valence-electron chi connectivity index (χ2n) is 5.95. The molecule has 1 unspecified atom stereocenters. The lowest BCUT2D eigenvalue weighted by atomic mass is 10.1. The normalized spacial score (nSPS) is 12.8. The Morgan fingerprint density at radius 3 is 2.36 bits per heavy atom. The fourth-order valence-electron chi connectivity index (χ4n) is 2.86. The summed E-state index contributed by atoms with van der Waals surface area (Å²) < 4.78 is 31.2. The first-order valence-electron chi connectivity index (χ1n) is 8.90. The average molecular weight is 466 g/mol. The van der Waals surface area contributed by atoms with E-state index in [-0.39, 0.29) is 24.2 Å². The van der Waals surface area contributed by atoms with Crippen LogP contribution in [-0.2, 0) is 13.6 Å². The molecule has 3 aromatic rings. The predicted octanol–water partition coefficient (Wildman–Crippen LogP) is 5.93. The Hall–Kier alpha value is -1.92. The SMILES string of the molecule is CCOP(=O)(OCC)C(Nc1ccc(Br)cc1)c1coc2ccccc2c1=O. The topological polar surface area (TPSA) is 77.8 Å². The number of rotatable bonds is 8. The van der Waals surface area contributed by atoms with Gasteiger partial charge in [-0.05, 0) is 50.2 Å². The van der Waals surface area contributed by atoms with Gasteiger partial charge >= 0.3 is 7.60 Å². The van der Waals surface area contributed by atoms with Crippen molar-refractivity contribution in [3.63, 3.8) is 0 Å². The first-order valence-corrected chi connectivity index (χ1v) is 11.3. The summed E-state index contributed by atoms with van der Waals surface area (Å²) in [5.41, 5.74) is 1.03. The van der Waals surface area contributed by atoms with E-state index in [4.69, 9.17) is 13.5 Å². The molecule has 0 aliphatic carbocycles. The van der Waals surface area contributed by atoms with E-state index < -0.39 is 13.4 Å². The molecule has 0 aliphatic rings. The fourth-order valence-corrected chi connectivity index (χ4v) is 5.04. The van der Waals surface area contributed by atoms with Gasteiger partial charge in [0, 0.05) is 10.2 Å². The minimum atomic E-state index is -3.72. The van der Waals surface area contributed by atoms with Crippen molar-refractivity contribution in [3.8, 4) is 0 Å². The second kappa shape index (κ2) is 9.05. The van der Waals surface area contributed by atoms with Crippen LogP contribution in [0.1, 0.15) is 25.2 Å². The summed E-state index contributed by atoms with van der Waals surface area (Å²) >= 11 is 3.39. The van der Waals surface area contributed by atoms with Crippen molar-refractivity contribution < 1.29 is 18.0 Å². The summed E-state index contributed by atoms with van der Waals surface area (Å²) in [6, 6.07) is 14.2. The van der Waals surface area contributed by atoms with Crippen molar-refractivity contribution in [2.24, 2.45) is 0 Å². The van der Waals surface area contributed by atoms with Crippen molar-refractivity contribution >= 4 is 40.2 Å². The number of fused-ring (bicyclic) bond motifs is 1. The highest BCUT2D eigenvalue weighted by molar-refractivity contribution is 9.10. The molecule has 0 fully saturated rings. The molecule has 0 aliphatic heterocycles. The molecule has 1 heterocycles. The predicted molar refractivity (Wildman–Crippen MR) is 114 cm³/mol. The molecule has 2 aromatic carbocycles. The van der Waals surface area contributed by atoms with Crippen LogP contribution in [0.15, 0.2) is 68.5 Å². The maximum absolute atomic E-state index is 13.6. The van der Waals surface area contributed by atoms with Gasteiger partial charge in [0.05, 0.1) is 24.2 Å². The van der Waals surface area contributed by atoms with Gasteiger partial charge in [-0.2, -0.15) is 0 Å². The van der Waals surface area contributed by atoms with Crippen LogP contribution < -0.4 is 10.7 Å². The minimum absolute atomic E-state index is 0.175. The Labute approximate surface area is 171 Å². The molecular formula is C20H21BrNO5P. The molecule has 6 nitrogen and oxygen atoms in total. The molecule has 1 N–H and O–H groups in total. The molecule has 3 rings (SSSR count). The lowest BCUT2D eigenvalue weighted by Gasteiger charge is -2.27. The second-order valence-corrected chi connectivity index (χ2v) is 8.97. The van der Waals surface area contributed by atoms with Gasteiger partial charge in [0.1, 0.15) is 11.8 Å². The van der Waals surface area contributed by atoms with Crippen LogP contribution in [0.25, 0.3) is 11.0 Å². The Bertz CT molecular complexity index is 1040. The molecule has 148 valence electrons. The van der Waals surface area contributed by atoms with Crippen LogP contribution in [0, 0.1) is 0 Å². The maximum Gasteiger partial charge on any atom is 0.357 e. The molecule has 1 aromatic heterocycles. The van der Waals surface area contributed by atoms with Crippen LogP contribution in [0.2, 0.25) is 0 Å². The molecule has 8 heteroatoms. The maximum atomic E-state index is 13.6. The highest BCUT2D eigenvalue weighted by Gasteiger charge is 2.39. The summed E-state index contributed by atoms with van der Waals surface area (Å²) in [4.78, 5) is 13.1. The van der Waals surface area contributed by atoms with Gasteiger partial charge in [-0.15, -0.1) is 0 Å². The van der Waals surface area contributed by atoms with Crippen LogP contribution >= 0.6 is 23.5 Å². The number of hydrogen-bond donors (Lipinski definition) is 1. The number of para-hydroxylation sites is 1. The van der Waals surface area contributed by atoms with Gasteiger partial charge in [-0.1, -0.05) is 28.1 Å². The number of nitrogens with one attached hydrogen (secondary N) is 1. The Morgan fingerprint density at radius 2 is 1.71 bits per heavy atom. The summed E-state index contributed by atoms with van der Waals surface area (Å²) in [5.74, 6) is -1.02. The van der Waals surface area contributed by atoms with Crippen LogP contribution in [0.4, 0.5) is 5.69 Å². The standard InChI is InChI=1S/C20H21BrNO5P/c1-3-26-28(24,27-4-2)20(22-15-11-9-14(21)10-12-15)17-13-25-18-8-6-5-7-16(18)19(17)23/h5-13,20,22H,3-4H2,1-2H3. The van der Waals surface area contributed by atoms with Crippen molar-refractivity contribution in [1.29, 1.82) is 0 Å². The van der Waals surface area contributed by atoms with E-state index >= 15 is 0 Å². The molecular weight excluding hydrogens is 445 g/mol. The van der Waals surface area contributed by atoms with Gasteiger partial charge in [0.25, 0.3) is 0 Å². The van der Waals surface area contributed by atoms with E-state index in [2.05, 4.69) is 21.2 Å². The van der Waals surface area contributed by atoms with Crippen molar-refractivity contribution in [3.05, 3.63) is 75.1 Å². The van der Waals surface area contributed by atoms with Gasteiger partial charge in [-0.25, -0.2) is 0 Å². The molecule has 0 radical (unpaired) electrons. The monoisotopic (exact) mass is 465 g/mol. The van der Waals surface area contributed by atoms with Gasteiger partial charge in [0.15, 0.2) is 11.2 Å². The van der Waals surface area contributed by atoms with Crippen LogP contribution in [0.5, 0.6) is 0 Å². The molecule has 0 bridgehead atoms. The van der Waals surface area contributed by atoms with Crippen molar-refractivity contribution in [2.45, 2.75) is 19.6 Å². The van der Waals surface area contributed by atoms with Gasteiger partial charge in [0.2, 0.25) is 0 Å². The fraction of sp³-hybridized carbons (Fsp3) is 0.250. The Kier molecular flexibility index (Phi) is 6.73. The highest BCUT2D eigenvalue weighted by atomic mass is 79.9. The Balaban J connectivity index is 2.15. The number of anilines is 1. The molecule has 0 amide bonds. The van der Waals surface area contributed by atoms with Crippen molar-refractivity contribution in [1.82, 2.24) is 0 Å². The molecule has 1 atom stereocenters. The zero-order valence-corrected chi connectivity index (χ0v) is 18.0. The van der Waals surface area contributed by atoms with E-state index in [9.17, 15) is 9.36 Å². The summed E-state index contributed by atoms with van der Waals surface area (Å²) in [6.07, 6.45) is 1.33. The zero-order valence-electron chi connectivity index (χ0n) is 15.6. The first kappa shape index (κ1) is 20.8. The zero-order chi connectivity index (χ0) is 20.1. The largest absolute Gasteiger partial charge is 0.464 e. The molecule has 28 heavy (non-hydrogen) atoms. The van der Waals surface area contributed by atoms with E-state index in [0.29, 0.717) is 16.7 Å². The molecule has 0 saturated heterocycles. The highest BCUT2D eigenvalue weighted by Crippen LogP contribution is 2.60. The third-order valence-corrected chi connectivity index (χ3v) is 6.89. The quantitative estimate of drug-likeness (QED) is 0.415. The average Bonchev–Trinajstić information content (AvgIpc) is 2.69. The van der Waals surface area contributed by atoms with Gasteiger partial charge < -0.3 is 18.8 Å². The third-order valence-electron chi connectivity index (χ3n) is 4.08. The third kappa shape index (κ3) is 4.39. The molecule has 0 saturated carbocycles. The minimum Gasteiger partial charge on any atom is -0.464 e. The van der Waals surface area contributed by atoms with E-state index in [1.807, 2.05) is 24.3 Å². The van der Waals surface area contributed by atoms with E-state index in [0.717, 1.165) is 4.47 Å².